The summed E-state index contributed by atoms with van der Waals surface area (Å²) in [6.07, 6.45) is 0.912. The highest BCUT2D eigenvalue weighted by Gasteiger charge is 2.07. The van der Waals surface area contributed by atoms with Crippen LogP contribution in [0.3, 0.4) is 0 Å². The van der Waals surface area contributed by atoms with Crippen LogP contribution in [0.15, 0.2) is 48.7 Å². The van der Waals surface area contributed by atoms with Crippen molar-refractivity contribution in [3.8, 4) is 5.88 Å². The number of carbonyl (C=O) groups excluding carboxylic acids is 1. The summed E-state index contributed by atoms with van der Waals surface area (Å²) in [6, 6.07) is 12.0. The number of halogens is 1. The van der Waals surface area contributed by atoms with Crippen LogP contribution >= 0.6 is 11.6 Å². The molecule has 86 valence electrons. The number of benzene rings is 1. The number of carbonyl (C=O) groups is 1. The van der Waals surface area contributed by atoms with Crippen LogP contribution < -0.4 is 10.1 Å². The molecule has 1 aromatic heterocycles. The molecule has 0 aliphatic carbocycles. The topological polar surface area (TPSA) is 51.2 Å². The zero-order chi connectivity index (χ0) is 12.1. The molecule has 0 saturated heterocycles. The van der Waals surface area contributed by atoms with E-state index in [1.54, 1.807) is 42.5 Å². The first-order chi connectivity index (χ1) is 8.25. The molecule has 0 spiro atoms. The molecule has 0 bridgehead atoms. The molecule has 0 radical (unpaired) electrons. The quantitative estimate of drug-likeness (QED) is 0.887. The highest BCUT2D eigenvalue weighted by Crippen LogP contribution is 2.20. The van der Waals surface area contributed by atoms with E-state index in [9.17, 15) is 4.79 Å². The van der Waals surface area contributed by atoms with Crippen LogP contribution in [-0.4, -0.2) is 11.1 Å². The molecule has 17 heavy (non-hydrogen) atoms. The Morgan fingerprint density at radius 3 is 2.65 bits per heavy atom. The van der Waals surface area contributed by atoms with E-state index in [1.807, 2.05) is 0 Å². The second-order valence-corrected chi connectivity index (χ2v) is 3.57. The minimum atomic E-state index is -0.628. The van der Waals surface area contributed by atoms with Gasteiger partial charge in [-0.25, -0.2) is 9.78 Å². The maximum absolute atomic E-state index is 11.5. The predicted octanol–water partition coefficient (Wildman–Crippen LogP) is 3.35. The van der Waals surface area contributed by atoms with Gasteiger partial charge in [0, 0.05) is 12.3 Å². The molecule has 4 nitrogen and oxygen atoms in total. The number of aromatic nitrogens is 1. The van der Waals surface area contributed by atoms with E-state index < -0.39 is 6.09 Å². The third kappa shape index (κ3) is 3.19. The lowest BCUT2D eigenvalue weighted by Crippen LogP contribution is -2.17. The summed E-state index contributed by atoms with van der Waals surface area (Å²) < 4.78 is 4.95. The lowest BCUT2D eigenvalue weighted by atomic mass is 10.3. The zero-order valence-electron chi connectivity index (χ0n) is 8.76. The summed E-state index contributed by atoms with van der Waals surface area (Å²) in [7, 11) is 0. The first kappa shape index (κ1) is 11.4. The molecule has 1 aromatic carbocycles. The number of ether oxygens (including phenoxy) is 1. The standard InChI is InChI=1S/C12H9ClN2O2/c13-9-5-1-2-6-10(9)15-12(16)17-11-7-3-4-8-14-11/h1-8H,(H,15,16). The number of nitrogens with one attached hydrogen (secondary N) is 1. The summed E-state index contributed by atoms with van der Waals surface area (Å²) >= 11 is 5.89. The van der Waals surface area contributed by atoms with Gasteiger partial charge in [0.05, 0.1) is 10.7 Å². The number of hydrogen-bond acceptors (Lipinski definition) is 3. The molecule has 0 atom stereocenters. The van der Waals surface area contributed by atoms with E-state index in [4.69, 9.17) is 16.3 Å². The first-order valence-corrected chi connectivity index (χ1v) is 5.28. The summed E-state index contributed by atoms with van der Waals surface area (Å²) in [6.45, 7) is 0. The van der Waals surface area contributed by atoms with E-state index in [2.05, 4.69) is 10.3 Å². The predicted molar refractivity (Wildman–Crippen MR) is 65.3 cm³/mol. The molecular formula is C12H9ClN2O2. The molecule has 0 unspecified atom stereocenters. The van der Waals surface area contributed by atoms with Crippen molar-refractivity contribution in [3.05, 3.63) is 53.7 Å². The summed E-state index contributed by atoms with van der Waals surface area (Å²) in [5.74, 6) is 0.233. The van der Waals surface area contributed by atoms with Gasteiger partial charge in [0.2, 0.25) is 5.88 Å². The molecule has 1 heterocycles. The number of anilines is 1. The summed E-state index contributed by atoms with van der Waals surface area (Å²) in [5, 5.41) is 2.98. The van der Waals surface area contributed by atoms with Crippen LogP contribution in [0.4, 0.5) is 10.5 Å². The number of nitrogens with zero attached hydrogens (tertiary/aromatic N) is 1. The van der Waals surface area contributed by atoms with Crippen molar-refractivity contribution in [3.63, 3.8) is 0 Å². The maximum Gasteiger partial charge on any atom is 0.418 e. The largest absolute Gasteiger partial charge is 0.418 e. The van der Waals surface area contributed by atoms with Crippen molar-refractivity contribution in [2.45, 2.75) is 0 Å². The van der Waals surface area contributed by atoms with E-state index in [0.717, 1.165) is 0 Å². The molecule has 0 fully saturated rings. The van der Waals surface area contributed by atoms with E-state index in [0.29, 0.717) is 10.7 Å². The molecule has 0 aliphatic heterocycles. The zero-order valence-corrected chi connectivity index (χ0v) is 9.52. The summed E-state index contributed by atoms with van der Waals surface area (Å²) in [4.78, 5) is 15.4. The van der Waals surface area contributed by atoms with Gasteiger partial charge < -0.3 is 4.74 Å². The Bertz CT molecular complexity index is 517. The summed E-state index contributed by atoms with van der Waals surface area (Å²) in [5.41, 5.74) is 0.495. The molecule has 5 heteroatoms. The molecule has 0 saturated carbocycles. The Balaban J connectivity index is 2.01. The van der Waals surface area contributed by atoms with Crippen molar-refractivity contribution >= 4 is 23.4 Å². The van der Waals surface area contributed by atoms with Crippen LogP contribution in [-0.2, 0) is 0 Å². The lowest BCUT2D eigenvalue weighted by molar-refractivity contribution is 0.213. The van der Waals surface area contributed by atoms with E-state index in [-0.39, 0.29) is 5.88 Å². The van der Waals surface area contributed by atoms with Crippen LogP contribution in [0.1, 0.15) is 0 Å². The maximum atomic E-state index is 11.5. The fourth-order valence-corrected chi connectivity index (χ4v) is 1.38. The normalized spacial score (nSPS) is 9.71. The monoisotopic (exact) mass is 248 g/mol. The fourth-order valence-electron chi connectivity index (χ4n) is 1.20. The molecule has 2 aromatic rings. The van der Waals surface area contributed by atoms with Gasteiger partial charge in [-0.05, 0) is 18.2 Å². The van der Waals surface area contributed by atoms with Gasteiger partial charge in [-0.3, -0.25) is 5.32 Å². The Morgan fingerprint density at radius 1 is 1.18 bits per heavy atom. The van der Waals surface area contributed by atoms with Gasteiger partial charge in [0.1, 0.15) is 0 Å². The number of pyridine rings is 1. The average Bonchev–Trinajstić information content (AvgIpc) is 2.33. The lowest BCUT2D eigenvalue weighted by Gasteiger charge is -2.06. The van der Waals surface area contributed by atoms with Gasteiger partial charge in [-0.15, -0.1) is 0 Å². The minimum absolute atomic E-state index is 0.233. The third-order valence-corrected chi connectivity index (χ3v) is 2.28. The molecular weight excluding hydrogens is 240 g/mol. The van der Waals surface area contributed by atoms with Crippen molar-refractivity contribution < 1.29 is 9.53 Å². The molecule has 2 rings (SSSR count). The van der Waals surface area contributed by atoms with E-state index in [1.165, 1.54) is 6.20 Å². The van der Waals surface area contributed by atoms with Crippen molar-refractivity contribution in [2.75, 3.05) is 5.32 Å². The minimum Gasteiger partial charge on any atom is -0.391 e. The highest BCUT2D eigenvalue weighted by molar-refractivity contribution is 6.33. The Labute approximate surface area is 103 Å². The Hall–Kier alpha value is -2.07. The smallest absolute Gasteiger partial charge is 0.391 e. The van der Waals surface area contributed by atoms with Gasteiger partial charge in [0.25, 0.3) is 0 Å². The number of para-hydroxylation sites is 1. The Kier molecular flexibility index (Phi) is 3.57. The second-order valence-electron chi connectivity index (χ2n) is 3.16. The van der Waals surface area contributed by atoms with E-state index >= 15 is 0 Å². The number of hydrogen-bond donors (Lipinski definition) is 1. The Morgan fingerprint density at radius 2 is 1.94 bits per heavy atom. The molecule has 1 amide bonds. The third-order valence-electron chi connectivity index (χ3n) is 1.95. The van der Waals surface area contributed by atoms with Gasteiger partial charge >= 0.3 is 6.09 Å². The first-order valence-electron chi connectivity index (χ1n) is 4.90. The highest BCUT2D eigenvalue weighted by atomic mass is 35.5. The van der Waals surface area contributed by atoms with Crippen molar-refractivity contribution in [2.24, 2.45) is 0 Å². The number of amides is 1. The van der Waals surface area contributed by atoms with Crippen LogP contribution in [0.5, 0.6) is 5.88 Å². The van der Waals surface area contributed by atoms with Crippen molar-refractivity contribution in [1.29, 1.82) is 0 Å². The SMILES string of the molecule is O=C(Nc1ccccc1Cl)Oc1ccccn1. The number of rotatable bonds is 2. The van der Waals surface area contributed by atoms with Gasteiger partial charge in [-0.2, -0.15) is 0 Å². The van der Waals surface area contributed by atoms with Crippen molar-refractivity contribution in [1.82, 2.24) is 4.98 Å². The van der Waals surface area contributed by atoms with Gasteiger partial charge in [-0.1, -0.05) is 29.8 Å². The van der Waals surface area contributed by atoms with Crippen LogP contribution in [0.25, 0.3) is 0 Å². The van der Waals surface area contributed by atoms with Crippen LogP contribution in [0, 0.1) is 0 Å². The molecule has 1 N–H and O–H groups in total. The van der Waals surface area contributed by atoms with Gasteiger partial charge in [0.15, 0.2) is 0 Å². The molecule has 0 aliphatic rings. The fraction of sp³-hybridized carbons (Fsp3) is 0. The second kappa shape index (κ2) is 5.32. The van der Waals surface area contributed by atoms with Crippen LogP contribution in [0.2, 0.25) is 5.02 Å². The average molecular weight is 249 g/mol.